The van der Waals surface area contributed by atoms with Crippen molar-refractivity contribution in [3.05, 3.63) is 33.9 Å². The number of rotatable bonds is 7. The Morgan fingerprint density at radius 3 is 2.62 bits per heavy atom. The largest absolute Gasteiger partial charge is 0.384 e. The number of hydrogen-bond acceptors (Lipinski definition) is 5. The van der Waals surface area contributed by atoms with Crippen molar-refractivity contribution in [3.63, 3.8) is 0 Å². The van der Waals surface area contributed by atoms with Crippen molar-refractivity contribution in [2.45, 2.75) is 20.3 Å². The molecule has 21 heavy (non-hydrogen) atoms. The predicted molar refractivity (Wildman–Crippen MR) is 78.8 cm³/mol. The minimum atomic E-state index is -0.592. The lowest BCUT2D eigenvalue weighted by atomic mass is 10.2. The number of nitrogens with zero attached hydrogens (tertiary/aromatic N) is 3. The van der Waals surface area contributed by atoms with E-state index in [0.717, 1.165) is 0 Å². The zero-order valence-corrected chi connectivity index (χ0v) is 12.1. The van der Waals surface area contributed by atoms with Gasteiger partial charge < -0.3 is 10.2 Å². The van der Waals surface area contributed by atoms with E-state index >= 15 is 0 Å². The van der Waals surface area contributed by atoms with Crippen LogP contribution in [0, 0.1) is 21.4 Å². The van der Waals surface area contributed by atoms with Crippen LogP contribution in [0.4, 0.5) is 11.4 Å². The Labute approximate surface area is 123 Å². The van der Waals surface area contributed by atoms with Gasteiger partial charge in [-0.2, -0.15) is 5.26 Å². The van der Waals surface area contributed by atoms with Gasteiger partial charge in [0.1, 0.15) is 11.6 Å². The van der Waals surface area contributed by atoms with Crippen molar-refractivity contribution in [3.8, 4) is 6.07 Å². The average Bonchev–Trinajstić information content (AvgIpc) is 2.48. The molecule has 112 valence electrons. The molecular weight excluding hydrogens is 272 g/mol. The fourth-order valence-corrected chi connectivity index (χ4v) is 1.94. The molecule has 0 bridgehead atoms. The summed E-state index contributed by atoms with van der Waals surface area (Å²) in [6.45, 7) is 5.55. The van der Waals surface area contributed by atoms with Gasteiger partial charge in [0.25, 0.3) is 5.69 Å². The van der Waals surface area contributed by atoms with E-state index in [1.54, 1.807) is 17.0 Å². The van der Waals surface area contributed by atoms with Crippen molar-refractivity contribution in [2.24, 2.45) is 0 Å². The van der Waals surface area contributed by atoms with E-state index in [2.05, 4.69) is 5.32 Å². The van der Waals surface area contributed by atoms with Gasteiger partial charge in [-0.25, -0.2) is 0 Å². The standard InChI is InChI=1S/C14H18N4O3/c1-3-17(4-2)14(19)7-8-16-12-6-5-11(10-15)13(9-12)18(20)21/h5-6,9,16H,3-4,7-8H2,1-2H3. The lowest BCUT2D eigenvalue weighted by molar-refractivity contribution is -0.385. The normalized spacial score (nSPS) is 9.76. The van der Waals surface area contributed by atoms with Gasteiger partial charge in [-0.1, -0.05) is 0 Å². The number of nitro groups is 1. The summed E-state index contributed by atoms with van der Waals surface area (Å²) < 4.78 is 0. The average molecular weight is 290 g/mol. The highest BCUT2D eigenvalue weighted by atomic mass is 16.6. The molecule has 7 nitrogen and oxygen atoms in total. The van der Waals surface area contributed by atoms with Gasteiger partial charge in [0, 0.05) is 37.8 Å². The molecule has 1 rings (SSSR count). The van der Waals surface area contributed by atoms with Crippen molar-refractivity contribution < 1.29 is 9.72 Å². The Hall–Kier alpha value is -2.62. The maximum atomic E-state index is 11.8. The molecule has 0 saturated heterocycles. The molecule has 1 amide bonds. The minimum absolute atomic E-state index is 0.0183. The lowest BCUT2D eigenvalue weighted by Gasteiger charge is -2.18. The second-order valence-corrected chi connectivity index (χ2v) is 4.34. The Morgan fingerprint density at radius 2 is 2.10 bits per heavy atom. The molecule has 0 unspecified atom stereocenters. The number of nitrogens with one attached hydrogen (secondary N) is 1. The van der Waals surface area contributed by atoms with Crippen LogP contribution in [0.5, 0.6) is 0 Å². The Balaban J connectivity index is 2.65. The van der Waals surface area contributed by atoms with E-state index in [4.69, 9.17) is 5.26 Å². The van der Waals surface area contributed by atoms with E-state index in [9.17, 15) is 14.9 Å². The summed E-state index contributed by atoms with van der Waals surface area (Å²) in [5.41, 5.74) is 0.301. The summed E-state index contributed by atoms with van der Waals surface area (Å²) in [5.74, 6) is 0.0376. The first kappa shape index (κ1) is 16.4. The molecule has 1 aromatic carbocycles. The zero-order valence-electron chi connectivity index (χ0n) is 12.1. The molecule has 0 aliphatic rings. The van der Waals surface area contributed by atoms with Gasteiger partial charge in [0.15, 0.2) is 0 Å². The molecule has 1 N–H and O–H groups in total. The van der Waals surface area contributed by atoms with Crippen molar-refractivity contribution in [1.82, 2.24) is 4.90 Å². The summed E-state index contributed by atoms with van der Waals surface area (Å²) in [7, 11) is 0. The Bertz CT molecular complexity index is 562. The molecule has 0 saturated carbocycles. The number of hydrogen-bond donors (Lipinski definition) is 1. The fourth-order valence-electron chi connectivity index (χ4n) is 1.94. The third-order valence-corrected chi connectivity index (χ3v) is 3.10. The number of carbonyl (C=O) groups excluding carboxylic acids is 1. The summed E-state index contributed by atoms with van der Waals surface area (Å²) in [4.78, 5) is 23.8. The van der Waals surface area contributed by atoms with Crippen LogP contribution < -0.4 is 5.32 Å². The van der Waals surface area contributed by atoms with E-state index in [1.807, 2.05) is 13.8 Å². The Morgan fingerprint density at radius 1 is 1.43 bits per heavy atom. The number of nitriles is 1. The third kappa shape index (κ3) is 4.45. The zero-order chi connectivity index (χ0) is 15.8. The van der Waals surface area contributed by atoms with Crippen LogP contribution in [0.15, 0.2) is 18.2 Å². The van der Waals surface area contributed by atoms with Crippen molar-refractivity contribution in [1.29, 1.82) is 5.26 Å². The third-order valence-electron chi connectivity index (χ3n) is 3.10. The van der Waals surface area contributed by atoms with E-state index in [-0.39, 0.29) is 17.2 Å². The molecule has 0 aromatic heterocycles. The van der Waals surface area contributed by atoms with Gasteiger partial charge in [-0.05, 0) is 26.0 Å². The lowest BCUT2D eigenvalue weighted by Crippen LogP contribution is -2.31. The van der Waals surface area contributed by atoms with E-state index in [1.165, 1.54) is 12.1 Å². The van der Waals surface area contributed by atoms with Gasteiger partial charge in [0.05, 0.1) is 4.92 Å². The number of nitro benzene ring substituents is 1. The molecule has 0 aliphatic heterocycles. The number of carbonyl (C=O) groups is 1. The molecule has 0 radical (unpaired) electrons. The minimum Gasteiger partial charge on any atom is -0.384 e. The van der Waals surface area contributed by atoms with Gasteiger partial charge in [-0.15, -0.1) is 0 Å². The van der Waals surface area contributed by atoms with Crippen molar-refractivity contribution >= 4 is 17.3 Å². The van der Waals surface area contributed by atoms with E-state index in [0.29, 0.717) is 31.7 Å². The smallest absolute Gasteiger partial charge is 0.289 e. The summed E-state index contributed by atoms with van der Waals surface area (Å²) >= 11 is 0. The van der Waals surface area contributed by atoms with Gasteiger partial charge in [0.2, 0.25) is 5.91 Å². The molecular formula is C14H18N4O3. The molecule has 7 heteroatoms. The predicted octanol–water partition coefficient (Wildman–Crippen LogP) is 2.14. The number of amides is 1. The van der Waals surface area contributed by atoms with Crippen LogP contribution in [0.25, 0.3) is 0 Å². The van der Waals surface area contributed by atoms with Crippen LogP contribution >= 0.6 is 0 Å². The fraction of sp³-hybridized carbons (Fsp3) is 0.429. The number of anilines is 1. The van der Waals surface area contributed by atoms with Crippen molar-refractivity contribution in [2.75, 3.05) is 25.0 Å². The maximum absolute atomic E-state index is 11.8. The first-order valence-electron chi connectivity index (χ1n) is 6.73. The first-order chi connectivity index (χ1) is 10.0. The highest BCUT2D eigenvalue weighted by molar-refractivity contribution is 5.76. The molecule has 1 aromatic rings. The molecule has 0 heterocycles. The summed E-state index contributed by atoms with van der Waals surface area (Å²) in [6.07, 6.45) is 0.315. The summed E-state index contributed by atoms with van der Waals surface area (Å²) in [5, 5.41) is 22.6. The second kappa shape index (κ2) is 7.85. The highest BCUT2D eigenvalue weighted by Crippen LogP contribution is 2.22. The molecule has 0 fully saturated rings. The second-order valence-electron chi connectivity index (χ2n) is 4.34. The molecule has 0 spiro atoms. The molecule has 0 aliphatic carbocycles. The van der Waals surface area contributed by atoms with Gasteiger partial charge >= 0.3 is 0 Å². The van der Waals surface area contributed by atoms with Crippen LogP contribution in [-0.2, 0) is 4.79 Å². The SMILES string of the molecule is CCN(CC)C(=O)CCNc1ccc(C#N)c([N+](=O)[O-])c1. The number of benzene rings is 1. The highest BCUT2D eigenvalue weighted by Gasteiger charge is 2.14. The maximum Gasteiger partial charge on any atom is 0.289 e. The van der Waals surface area contributed by atoms with Gasteiger partial charge in [-0.3, -0.25) is 14.9 Å². The molecule has 0 atom stereocenters. The first-order valence-corrected chi connectivity index (χ1v) is 6.73. The topological polar surface area (TPSA) is 99.3 Å². The quantitative estimate of drug-likeness (QED) is 0.612. The monoisotopic (exact) mass is 290 g/mol. The van der Waals surface area contributed by atoms with Crippen LogP contribution in [0.1, 0.15) is 25.8 Å². The van der Waals surface area contributed by atoms with Crippen LogP contribution in [0.3, 0.4) is 0 Å². The van der Waals surface area contributed by atoms with Crippen LogP contribution in [-0.4, -0.2) is 35.4 Å². The van der Waals surface area contributed by atoms with Crippen LogP contribution in [0.2, 0.25) is 0 Å². The Kier molecular flexibility index (Phi) is 6.14. The summed E-state index contributed by atoms with van der Waals surface area (Å²) in [6, 6.07) is 6.07. The van der Waals surface area contributed by atoms with E-state index < -0.39 is 4.92 Å².